The second kappa shape index (κ2) is 8.17. The van der Waals surface area contributed by atoms with Crippen LogP contribution in [-0.4, -0.2) is 69.0 Å². The first-order chi connectivity index (χ1) is 13.4. The lowest BCUT2D eigenvalue weighted by molar-refractivity contribution is -0.305. The first-order valence-electron chi connectivity index (χ1n) is 8.60. The minimum absolute atomic E-state index is 0.0237. The van der Waals surface area contributed by atoms with E-state index >= 15 is 0 Å². The Labute approximate surface area is 160 Å². The number of benzene rings is 2. The first kappa shape index (κ1) is 20.1. The summed E-state index contributed by atoms with van der Waals surface area (Å²) in [5, 5.41) is 41.4. The fraction of sp³-hybridized carbons (Fsp3) is 0.300. The summed E-state index contributed by atoms with van der Waals surface area (Å²) < 4.78 is 10.2. The van der Waals surface area contributed by atoms with Crippen LogP contribution in [0.25, 0.3) is 0 Å². The predicted molar refractivity (Wildman–Crippen MR) is 95.3 cm³/mol. The lowest BCUT2D eigenvalue weighted by Gasteiger charge is -2.46. The average Bonchev–Trinajstić information content (AvgIpc) is 2.74. The Bertz CT molecular complexity index is 825. The molecular formula is C20H20O8. The molecule has 28 heavy (non-hydrogen) atoms. The monoisotopic (exact) mass is 388 g/mol. The number of hydrogen-bond donors (Lipinski definition) is 4. The molecule has 0 amide bonds. The standard InChI is InChI=1S/C20H20O8/c21-11-14-16(23)20(26,15(22)12-7-3-1-4-8-12)17(19(25)27-14)28-18(24)13-9-5-2-6-10-13/h1-10,14,16-17,19,21,23,25-26H,11H2/t14-,16-,17+,19+,20+/m1/s1. The Morgan fingerprint density at radius 2 is 1.50 bits per heavy atom. The Hall–Kier alpha value is -2.62. The molecule has 8 nitrogen and oxygen atoms in total. The van der Waals surface area contributed by atoms with Crippen LogP contribution in [0.3, 0.4) is 0 Å². The van der Waals surface area contributed by atoms with E-state index < -0.39 is 48.6 Å². The van der Waals surface area contributed by atoms with Gasteiger partial charge in [0.25, 0.3) is 0 Å². The largest absolute Gasteiger partial charge is 0.450 e. The van der Waals surface area contributed by atoms with Crippen molar-refractivity contribution in [2.45, 2.75) is 30.2 Å². The molecule has 0 aliphatic carbocycles. The molecule has 4 N–H and O–H groups in total. The van der Waals surface area contributed by atoms with Crippen LogP contribution in [0.2, 0.25) is 0 Å². The van der Waals surface area contributed by atoms with Crippen LogP contribution >= 0.6 is 0 Å². The molecule has 0 aromatic heterocycles. The lowest BCUT2D eigenvalue weighted by atomic mass is 9.78. The smallest absolute Gasteiger partial charge is 0.338 e. The topological polar surface area (TPSA) is 134 Å². The quantitative estimate of drug-likeness (QED) is 0.412. The van der Waals surface area contributed by atoms with Gasteiger partial charge in [-0.3, -0.25) is 4.79 Å². The van der Waals surface area contributed by atoms with Crippen molar-refractivity contribution in [3.05, 3.63) is 71.8 Å². The molecule has 0 spiro atoms. The highest BCUT2D eigenvalue weighted by atomic mass is 16.7. The van der Waals surface area contributed by atoms with Gasteiger partial charge in [0.15, 0.2) is 18.0 Å². The fourth-order valence-corrected chi connectivity index (χ4v) is 3.13. The number of Topliss-reactive ketones (excluding diaryl/α,β-unsaturated/α-hetero) is 1. The predicted octanol–water partition coefficient (Wildman–Crippen LogP) is -0.104. The lowest BCUT2D eigenvalue weighted by Crippen LogP contribution is -2.71. The zero-order valence-electron chi connectivity index (χ0n) is 14.7. The number of ether oxygens (including phenoxy) is 2. The van der Waals surface area contributed by atoms with Crippen molar-refractivity contribution in [2.24, 2.45) is 0 Å². The molecule has 0 bridgehead atoms. The minimum atomic E-state index is -2.74. The van der Waals surface area contributed by atoms with Gasteiger partial charge in [0.05, 0.1) is 12.2 Å². The van der Waals surface area contributed by atoms with E-state index in [0.717, 1.165) is 0 Å². The summed E-state index contributed by atoms with van der Waals surface area (Å²) in [7, 11) is 0. The highest BCUT2D eigenvalue weighted by molar-refractivity contribution is 6.04. The van der Waals surface area contributed by atoms with Gasteiger partial charge in [-0.05, 0) is 12.1 Å². The van der Waals surface area contributed by atoms with Crippen LogP contribution in [0.4, 0.5) is 0 Å². The highest BCUT2D eigenvalue weighted by Gasteiger charge is 2.61. The van der Waals surface area contributed by atoms with E-state index in [9.17, 15) is 30.0 Å². The van der Waals surface area contributed by atoms with E-state index in [-0.39, 0.29) is 11.1 Å². The van der Waals surface area contributed by atoms with Crippen molar-refractivity contribution in [3.63, 3.8) is 0 Å². The molecule has 1 fully saturated rings. The molecule has 0 unspecified atom stereocenters. The van der Waals surface area contributed by atoms with Gasteiger partial charge in [-0.15, -0.1) is 0 Å². The summed E-state index contributed by atoms with van der Waals surface area (Å²) in [6, 6.07) is 15.3. The number of ketones is 1. The highest BCUT2D eigenvalue weighted by Crippen LogP contribution is 2.34. The van der Waals surface area contributed by atoms with E-state index in [1.807, 2.05) is 0 Å². The van der Waals surface area contributed by atoms with Crippen LogP contribution in [-0.2, 0) is 9.47 Å². The van der Waals surface area contributed by atoms with Crippen molar-refractivity contribution in [1.29, 1.82) is 0 Å². The molecule has 148 valence electrons. The van der Waals surface area contributed by atoms with Gasteiger partial charge in [0.2, 0.25) is 5.78 Å². The maximum Gasteiger partial charge on any atom is 0.338 e. The molecule has 5 atom stereocenters. The molecule has 2 aromatic rings. The molecule has 1 aliphatic rings. The second-order valence-corrected chi connectivity index (χ2v) is 6.40. The van der Waals surface area contributed by atoms with Gasteiger partial charge in [-0.1, -0.05) is 48.5 Å². The van der Waals surface area contributed by atoms with Crippen molar-refractivity contribution in [2.75, 3.05) is 6.61 Å². The van der Waals surface area contributed by atoms with Gasteiger partial charge in [-0.25, -0.2) is 4.79 Å². The second-order valence-electron chi connectivity index (χ2n) is 6.40. The van der Waals surface area contributed by atoms with Gasteiger partial charge in [-0.2, -0.15) is 0 Å². The molecule has 2 aromatic carbocycles. The third-order valence-corrected chi connectivity index (χ3v) is 4.63. The molecule has 0 saturated carbocycles. The maximum absolute atomic E-state index is 13.0. The van der Waals surface area contributed by atoms with E-state index in [4.69, 9.17) is 9.47 Å². The molecule has 1 heterocycles. The molecule has 0 radical (unpaired) electrons. The molecule has 8 heteroatoms. The Kier molecular flexibility index (Phi) is 5.87. The maximum atomic E-state index is 13.0. The zero-order valence-corrected chi connectivity index (χ0v) is 14.7. The number of hydrogen-bond acceptors (Lipinski definition) is 8. The van der Waals surface area contributed by atoms with Crippen molar-refractivity contribution >= 4 is 11.8 Å². The number of esters is 1. The summed E-state index contributed by atoms with van der Waals surface area (Å²) in [6.45, 7) is -0.776. The summed E-state index contributed by atoms with van der Waals surface area (Å²) >= 11 is 0. The average molecular weight is 388 g/mol. The minimum Gasteiger partial charge on any atom is -0.450 e. The van der Waals surface area contributed by atoms with E-state index in [1.54, 1.807) is 36.4 Å². The molecule has 3 rings (SSSR count). The van der Waals surface area contributed by atoms with Crippen LogP contribution in [0.5, 0.6) is 0 Å². The SMILES string of the molecule is O=C(O[C@H]1[C@@H](O)O[C@H](CO)[C@@H](O)[C@@]1(O)C(=O)c1ccccc1)c1ccccc1. The van der Waals surface area contributed by atoms with Crippen molar-refractivity contribution < 1.29 is 39.5 Å². The number of rotatable bonds is 5. The fourth-order valence-electron chi connectivity index (χ4n) is 3.13. The Balaban J connectivity index is 1.99. The van der Waals surface area contributed by atoms with Crippen LogP contribution < -0.4 is 0 Å². The van der Waals surface area contributed by atoms with Gasteiger partial charge in [0.1, 0.15) is 12.2 Å². The van der Waals surface area contributed by atoms with Crippen LogP contribution in [0.15, 0.2) is 60.7 Å². The first-order valence-corrected chi connectivity index (χ1v) is 8.60. The van der Waals surface area contributed by atoms with Crippen molar-refractivity contribution in [3.8, 4) is 0 Å². The van der Waals surface area contributed by atoms with Crippen LogP contribution in [0, 0.1) is 0 Å². The van der Waals surface area contributed by atoms with Crippen molar-refractivity contribution in [1.82, 2.24) is 0 Å². The van der Waals surface area contributed by atoms with E-state index in [2.05, 4.69) is 0 Å². The third kappa shape index (κ3) is 3.56. The number of carbonyl (C=O) groups is 2. The Morgan fingerprint density at radius 1 is 0.964 bits per heavy atom. The van der Waals surface area contributed by atoms with Gasteiger partial charge >= 0.3 is 5.97 Å². The molecule has 1 saturated heterocycles. The van der Waals surface area contributed by atoms with Crippen LogP contribution in [0.1, 0.15) is 20.7 Å². The molecule has 1 aliphatic heterocycles. The summed E-state index contributed by atoms with van der Waals surface area (Å²) in [4.78, 5) is 25.4. The summed E-state index contributed by atoms with van der Waals surface area (Å²) in [5.74, 6) is -1.91. The summed E-state index contributed by atoms with van der Waals surface area (Å²) in [5.41, 5.74) is -2.60. The number of carbonyl (C=O) groups excluding carboxylic acids is 2. The number of aliphatic hydroxyl groups excluding tert-OH is 3. The normalized spacial score (nSPS) is 29.9. The van der Waals surface area contributed by atoms with E-state index in [1.165, 1.54) is 24.3 Å². The van der Waals surface area contributed by atoms with Gasteiger partial charge in [0, 0.05) is 5.56 Å². The zero-order chi connectivity index (χ0) is 20.3. The van der Waals surface area contributed by atoms with E-state index in [0.29, 0.717) is 0 Å². The summed E-state index contributed by atoms with van der Waals surface area (Å²) in [6.07, 6.45) is -7.29. The third-order valence-electron chi connectivity index (χ3n) is 4.63. The van der Waals surface area contributed by atoms with Gasteiger partial charge < -0.3 is 29.9 Å². The Morgan fingerprint density at radius 3 is 2.04 bits per heavy atom. The number of aliphatic hydroxyl groups is 4. The molecular weight excluding hydrogens is 368 g/mol.